The SMILES string of the molecule is O=C(N[N+]1(CC(O)COCCCCCCOCC(O)CO)CCCCC1)C(O)c1ccccc1. The fraction of sp³-hybridized carbons (Fsp3) is 0.720. The number of carbonyl (C=O) groups excluding carboxylic acids is 1. The van der Waals surface area contributed by atoms with Crippen molar-refractivity contribution in [2.24, 2.45) is 0 Å². The van der Waals surface area contributed by atoms with Crippen LogP contribution in [-0.4, -0.2) is 95.8 Å². The molecule has 34 heavy (non-hydrogen) atoms. The third-order valence-electron chi connectivity index (χ3n) is 6.10. The van der Waals surface area contributed by atoms with Gasteiger partial charge in [0.1, 0.15) is 31.8 Å². The van der Waals surface area contributed by atoms with Crippen LogP contribution in [0.2, 0.25) is 0 Å². The van der Waals surface area contributed by atoms with Crippen LogP contribution in [-0.2, 0) is 14.3 Å². The van der Waals surface area contributed by atoms with Crippen molar-refractivity contribution in [2.75, 3.05) is 52.7 Å². The van der Waals surface area contributed by atoms with E-state index in [-0.39, 0.29) is 24.4 Å². The molecular formula is C25H43N2O7+. The molecule has 0 spiro atoms. The summed E-state index contributed by atoms with van der Waals surface area (Å²) in [5.74, 6) is -0.448. The van der Waals surface area contributed by atoms with Gasteiger partial charge in [-0.2, -0.15) is 5.43 Å². The predicted molar refractivity (Wildman–Crippen MR) is 127 cm³/mol. The molecule has 9 heteroatoms. The van der Waals surface area contributed by atoms with Crippen LogP contribution in [0, 0.1) is 0 Å². The molecule has 1 aliphatic heterocycles. The topological polar surface area (TPSA) is 128 Å². The van der Waals surface area contributed by atoms with Gasteiger partial charge < -0.3 is 29.9 Å². The Hall–Kier alpha value is -1.59. The molecule has 0 radical (unpaired) electrons. The smallest absolute Gasteiger partial charge is 0.298 e. The van der Waals surface area contributed by atoms with E-state index in [1.807, 2.05) is 6.07 Å². The van der Waals surface area contributed by atoms with Gasteiger partial charge in [-0.1, -0.05) is 43.2 Å². The molecule has 0 aromatic heterocycles. The molecule has 0 saturated carbocycles. The number of aliphatic hydroxyl groups excluding tert-OH is 4. The number of unbranched alkanes of at least 4 members (excludes halogenated alkanes) is 3. The van der Waals surface area contributed by atoms with E-state index in [0.717, 1.165) is 58.0 Å². The largest absolute Gasteiger partial charge is 0.394 e. The number of amides is 1. The minimum atomic E-state index is -1.24. The highest BCUT2D eigenvalue weighted by molar-refractivity contribution is 5.80. The van der Waals surface area contributed by atoms with Crippen LogP contribution in [0.25, 0.3) is 0 Å². The highest BCUT2D eigenvalue weighted by Crippen LogP contribution is 2.20. The minimum Gasteiger partial charge on any atom is -0.394 e. The molecule has 9 nitrogen and oxygen atoms in total. The van der Waals surface area contributed by atoms with E-state index in [1.54, 1.807) is 24.3 Å². The monoisotopic (exact) mass is 483 g/mol. The maximum Gasteiger partial charge on any atom is 0.298 e. The molecule has 194 valence electrons. The lowest BCUT2D eigenvalue weighted by Gasteiger charge is -2.41. The molecule has 0 bridgehead atoms. The summed E-state index contributed by atoms with van der Waals surface area (Å²) in [5.41, 5.74) is 3.55. The summed E-state index contributed by atoms with van der Waals surface area (Å²) >= 11 is 0. The van der Waals surface area contributed by atoms with E-state index in [9.17, 15) is 20.1 Å². The maximum absolute atomic E-state index is 12.8. The molecule has 3 atom stereocenters. The van der Waals surface area contributed by atoms with Crippen molar-refractivity contribution in [2.45, 2.75) is 63.3 Å². The summed E-state index contributed by atoms with van der Waals surface area (Å²) in [6.07, 6.45) is 3.98. The van der Waals surface area contributed by atoms with E-state index in [1.165, 1.54) is 0 Å². The van der Waals surface area contributed by atoms with Gasteiger partial charge in [-0.05, 0) is 37.7 Å². The number of piperidine rings is 1. The Labute approximate surface area is 202 Å². The zero-order valence-electron chi connectivity index (χ0n) is 20.2. The van der Waals surface area contributed by atoms with Gasteiger partial charge in [0.05, 0.1) is 19.8 Å². The zero-order chi connectivity index (χ0) is 24.7. The van der Waals surface area contributed by atoms with Crippen LogP contribution < -0.4 is 5.43 Å². The van der Waals surface area contributed by atoms with Gasteiger partial charge >= 0.3 is 0 Å². The lowest BCUT2D eigenvalue weighted by molar-refractivity contribution is -0.968. The Bertz CT molecular complexity index is 670. The number of carbonyl (C=O) groups is 1. The molecule has 5 N–H and O–H groups in total. The predicted octanol–water partition coefficient (Wildman–Crippen LogP) is 1.06. The Balaban J connectivity index is 1.66. The van der Waals surface area contributed by atoms with Gasteiger partial charge in [-0.3, -0.25) is 4.79 Å². The molecule has 1 heterocycles. The first-order valence-electron chi connectivity index (χ1n) is 12.5. The van der Waals surface area contributed by atoms with Crippen molar-refractivity contribution in [3.05, 3.63) is 35.9 Å². The Morgan fingerprint density at radius 1 is 0.882 bits per heavy atom. The van der Waals surface area contributed by atoms with Gasteiger partial charge in [0.25, 0.3) is 5.91 Å². The van der Waals surface area contributed by atoms with Crippen molar-refractivity contribution < 1.29 is 39.3 Å². The normalized spacial score (nSPS) is 18.2. The summed E-state index contributed by atoms with van der Waals surface area (Å²) in [4.78, 5) is 12.8. The molecule has 1 aromatic rings. The highest BCUT2D eigenvalue weighted by Gasteiger charge is 2.36. The summed E-state index contributed by atoms with van der Waals surface area (Å²) in [5, 5.41) is 39.0. The fourth-order valence-electron chi connectivity index (χ4n) is 4.25. The highest BCUT2D eigenvalue weighted by atomic mass is 16.5. The Kier molecular flexibility index (Phi) is 13.6. The standard InChI is InChI=1S/C25H42N2O7/c28-18-23(30)20-34-16-10-2-1-9-15-33-19-22(29)17-27(13-7-4-8-14-27)26-25(32)24(31)21-11-5-3-6-12-21/h3,5-6,11-12,22-24,28-31H,1-2,4,7-10,13-20H2/p+1. The lowest BCUT2D eigenvalue weighted by Crippen LogP contribution is -2.65. The Morgan fingerprint density at radius 3 is 2.06 bits per heavy atom. The minimum absolute atomic E-state index is 0.156. The zero-order valence-corrected chi connectivity index (χ0v) is 20.2. The van der Waals surface area contributed by atoms with E-state index < -0.39 is 24.2 Å². The van der Waals surface area contributed by atoms with E-state index in [4.69, 9.17) is 14.6 Å². The quantitative estimate of drug-likeness (QED) is 0.166. The third kappa shape index (κ3) is 10.8. The van der Waals surface area contributed by atoms with E-state index >= 15 is 0 Å². The van der Waals surface area contributed by atoms with Crippen molar-refractivity contribution in [1.82, 2.24) is 5.43 Å². The molecule has 2 rings (SSSR count). The molecule has 1 fully saturated rings. The second-order valence-corrected chi connectivity index (χ2v) is 9.18. The molecule has 1 saturated heterocycles. The van der Waals surface area contributed by atoms with Crippen LogP contribution in [0.5, 0.6) is 0 Å². The number of nitrogens with one attached hydrogen (secondary N) is 1. The number of benzene rings is 1. The second-order valence-electron chi connectivity index (χ2n) is 9.18. The first-order chi connectivity index (χ1) is 16.5. The number of hydrogen-bond acceptors (Lipinski definition) is 7. The van der Waals surface area contributed by atoms with Crippen LogP contribution >= 0.6 is 0 Å². The van der Waals surface area contributed by atoms with Crippen molar-refractivity contribution in [3.63, 3.8) is 0 Å². The number of quaternary nitrogens is 1. The molecule has 3 unspecified atom stereocenters. The van der Waals surface area contributed by atoms with Gasteiger partial charge in [0.15, 0.2) is 6.10 Å². The van der Waals surface area contributed by atoms with E-state index in [0.29, 0.717) is 25.3 Å². The number of rotatable bonds is 17. The average molecular weight is 484 g/mol. The summed E-state index contributed by atoms with van der Waals surface area (Å²) in [6, 6.07) is 8.86. The summed E-state index contributed by atoms with van der Waals surface area (Å²) < 4.78 is 11.2. The van der Waals surface area contributed by atoms with Gasteiger partial charge in [-0.15, -0.1) is 0 Å². The molecular weight excluding hydrogens is 440 g/mol. The number of nitrogens with zero attached hydrogens (tertiary/aromatic N) is 1. The van der Waals surface area contributed by atoms with E-state index in [2.05, 4.69) is 5.43 Å². The fourth-order valence-corrected chi connectivity index (χ4v) is 4.25. The van der Waals surface area contributed by atoms with Gasteiger partial charge in [0, 0.05) is 13.2 Å². The summed E-state index contributed by atoms with van der Waals surface area (Å²) in [6.45, 7) is 2.99. The van der Waals surface area contributed by atoms with Crippen LogP contribution in [0.15, 0.2) is 30.3 Å². The average Bonchev–Trinajstić information content (AvgIpc) is 2.85. The number of likely N-dealkylation sites (tertiary alicyclic amines) is 1. The lowest BCUT2D eigenvalue weighted by atomic mass is 10.1. The maximum atomic E-state index is 12.8. The number of aliphatic hydroxyl groups is 4. The summed E-state index contributed by atoms with van der Waals surface area (Å²) in [7, 11) is 0. The van der Waals surface area contributed by atoms with Gasteiger partial charge in [-0.25, -0.2) is 4.59 Å². The Morgan fingerprint density at radius 2 is 1.47 bits per heavy atom. The third-order valence-corrected chi connectivity index (χ3v) is 6.10. The van der Waals surface area contributed by atoms with Crippen molar-refractivity contribution >= 4 is 5.91 Å². The molecule has 0 aliphatic carbocycles. The van der Waals surface area contributed by atoms with Crippen molar-refractivity contribution in [1.29, 1.82) is 0 Å². The molecule has 1 aliphatic rings. The molecule has 1 aromatic carbocycles. The number of ether oxygens (including phenoxy) is 2. The van der Waals surface area contributed by atoms with Crippen LogP contribution in [0.1, 0.15) is 56.6 Å². The van der Waals surface area contributed by atoms with Crippen LogP contribution in [0.4, 0.5) is 0 Å². The van der Waals surface area contributed by atoms with Gasteiger partial charge in [0.2, 0.25) is 0 Å². The first kappa shape index (κ1) is 28.6. The number of hydrogen-bond donors (Lipinski definition) is 5. The van der Waals surface area contributed by atoms with Crippen molar-refractivity contribution in [3.8, 4) is 0 Å². The first-order valence-corrected chi connectivity index (χ1v) is 12.5. The second kappa shape index (κ2) is 16.1. The molecule has 1 amide bonds. The van der Waals surface area contributed by atoms with Crippen LogP contribution in [0.3, 0.4) is 0 Å².